The molecule has 1 heterocycles. The Morgan fingerprint density at radius 2 is 1.81 bits per heavy atom. The Bertz CT molecular complexity index is 1400. The topological polar surface area (TPSA) is 102 Å². The third-order valence-corrected chi connectivity index (χ3v) is 9.14. The Kier molecular flexibility index (Phi) is 8.19. The van der Waals surface area contributed by atoms with Gasteiger partial charge in [0.1, 0.15) is 17.3 Å². The van der Waals surface area contributed by atoms with Gasteiger partial charge in [0.05, 0.1) is 29.9 Å². The summed E-state index contributed by atoms with van der Waals surface area (Å²) in [6.45, 7) is 3.33. The van der Waals surface area contributed by atoms with E-state index in [4.69, 9.17) is 9.47 Å². The van der Waals surface area contributed by atoms with E-state index in [9.17, 15) is 18.0 Å². The van der Waals surface area contributed by atoms with Gasteiger partial charge in [-0.25, -0.2) is 13.2 Å². The van der Waals surface area contributed by atoms with Crippen molar-refractivity contribution in [2.45, 2.75) is 44.4 Å². The van der Waals surface area contributed by atoms with Crippen LogP contribution in [0.5, 0.6) is 5.75 Å². The number of methoxy groups -OCH3 is 1. The van der Waals surface area contributed by atoms with Crippen molar-refractivity contribution in [3.05, 3.63) is 70.1 Å². The van der Waals surface area contributed by atoms with Gasteiger partial charge in [0.25, 0.3) is 10.0 Å². The second-order valence-electron chi connectivity index (χ2n) is 8.71. The number of hydrogen-bond donors (Lipinski definition) is 1. The van der Waals surface area contributed by atoms with Gasteiger partial charge in [0.2, 0.25) is 5.91 Å². The molecule has 1 aromatic heterocycles. The highest BCUT2D eigenvalue weighted by Crippen LogP contribution is 2.39. The summed E-state index contributed by atoms with van der Waals surface area (Å²) in [7, 11) is -2.61. The molecule has 0 radical (unpaired) electrons. The van der Waals surface area contributed by atoms with Crippen molar-refractivity contribution in [1.29, 1.82) is 0 Å². The molecule has 0 bridgehead atoms. The van der Waals surface area contributed by atoms with Crippen LogP contribution in [0.25, 0.3) is 0 Å². The van der Waals surface area contributed by atoms with Gasteiger partial charge in [0, 0.05) is 10.9 Å². The lowest BCUT2D eigenvalue weighted by Gasteiger charge is -2.24. The number of amides is 1. The fraction of sp³-hybridized carbons (Fsp3) is 0.333. The molecule has 1 N–H and O–H groups in total. The van der Waals surface area contributed by atoms with Crippen molar-refractivity contribution in [3.8, 4) is 5.75 Å². The minimum absolute atomic E-state index is 0.0625. The van der Waals surface area contributed by atoms with E-state index < -0.39 is 28.4 Å². The molecule has 1 amide bonds. The van der Waals surface area contributed by atoms with E-state index in [0.717, 1.165) is 46.0 Å². The first-order valence-corrected chi connectivity index (χ1v) is 14.3. The molecule has 0 atom stereocenters. The molecule has 2 aromatic carbocycles. The average molecular weight is 543 g/mol. The maximum absolute atomic E-state index is 13.7. The Morgan fingerprint density at radius 1 is 1.08 bits per heavy atom. The van der Waals surface area contributed by atoms with Crippen molar-refractivity contribution in [2.75, 3.05) is 29.9 Å². The van der Waals surface area contributed by atoms with Crippen LogP contribution < -0.4 is 14.4 Å². The summed E-state index contributed by atoms with van der Waals surface area (Å²) in [5.74, 6) is -0.589. The number of benzene rings is 2. The van der Waals surface area contributed by atoms with E-state index >= 15 is 0 Å². The number of thiophene rings is 1. The molecule has 10 heteroatoms. The molecule has 8 nitrogen and oxygen atoms in total. The molecule has 4 rings (SSSR count). The number of nitrogens with zero attached hydrogens (tertiary/aromatic N) is 1. The van der Waals surface area contributed by atoms with Crippen LogP contribution in [0.1, 0.15) is 46.1 Å². The van der Waals surface area contributed by atoms with Gasteiger partial charge < -0.3 is 14.8 Å². The highest BCUT2D eigenvalue weighted by atomic mass is 32.2. The summed E-state index contributed by atoms with van der Waals surface area (Å²) in [6, 6.07) is 13.0. The Labute approximate surface area is 221 Å². The number of carbonyl (C=O) groups is 2. The molecule has 1 aliphatic rings. The maximum Gasteiger partial charge on any atom is 0.341 e. The van der Waals surface area contributed by atoms with Crippen LogP contribution in [-0.2, 0) is 32.4 Å². The number of esters is 1. The average Bonchev–Trinajstić information content (AvgIpc) is 3.25. The van der Waals surface area contributed by atoms with Crippen LogP contribution in [0.2, 0.25) is 0 Å². The van der Waals surface area contributed by atoms with Gasteiger partial charge in [-0.1, -0.05) is 23.8 Å². The minimum Gasteiger partial charge on any atom is -0.497 e. The molecule has 0 aliphatic heterocycles. The highest BCUT2D eigenvalue weighted by Gasteiger charge is 2.30. The second-order valence-corrected chi connectivity index (χ2v) is 11.7. The number of hydrogen-bond acceptors (Lipinski definition) is 7. The zero-order chi connectivity index (χ0) is 26.6. The van der Waals surface area contributed by atoms with Crippen molar-refractivity contribution >= 4 is 43.9 Å². The molecular weight excluding hydrogens is 512 g/mol. The van der Waals surface area contributed by atoms with Gasteiger partial charge in [-0.2, -0.15) is 0 Å². The third kappa shape index (κ3) is 5.80. The molecular formula is C27H30N2O6S2. The number of fused-ring (bicyclic) bond motifs is 1. The van der Waals surface area contributed by atoms with Crippen molar-refractivity contribution in [3.63, 3.8) is 0 Å². The lowest BCUT2D eigenvalue weighted by atomic mass is 9.95. The van der Waals surface area contributed by atoms with Crippen molar-refractivity contribution in [2.24, 2.45) is 0 Å². The van der Waals surface area contributed by atoms with Crippen molar-refractivity contribution < 1.29 is 27.5 Å². The van der Waals surface area contributed by atoms with E-state index in [1.54, 1.807) is 43.3 Å². The summed E-state index contributed by atoms with van der Waals surface area (Å²) in [6.07, 6.45) is 3.55. The number of aryl methyl sites for hydroxylation is 2. The first kappa shape index (κ1) is 26.7. The molecule has 0 spiro atoms. The van der Waals surface area contributed by atoms with Crippen LogP contribution in [0.3, 0.4) is 0 Å². The normalized spacial score (nSPS) is 12.9. The van der Waals surface area contributed by atoms with Crippen LogP contribution >= 0.6 is 11.3 Å². The van der Waals surface area contributed by atoms with E-state index in [1.807, 2.05) is 6.92 Å². The monoisotopic (exact) mass is 542 g/mol. The van der Waals surface area contributed by atoms with Crippen LogP contribution in [-0.4, -0.2) is 40.6 Å². The zero-order valence-corrected chi connectivity index (χ0v) is 22.7. The van der Waals surface area contributed by atoms with Gasteiger partial charge in [-0.15, -0.1) is 11.3 Å². The summed E-state index contributed by atoms with van der Waals surface area (Å²) >= 11 is 1.36. The molecule has 0 unspecified atom stereocenters. The molecule has 3 aromatic rings. The first-order valence-electron chi connectivity index (χ1n) is 12.1. The molecule has 37 heavy (non-hydrogen) atoms. The van der Waals surface area contributed by atoms with E-state index in [1.165, 1.54) is 30.6 Å². The number of anilines is 2. The second kappa shape index (κ2) is 11.4. The Morgan fingerprint density at radius 3 is 2.51 bits per heavy atom. The Hall–Kier alpha value is -3.37. The SMILES string of the molecule is CCOC(=O)c1c(NC(=O)CN(c2cccc(OC)c2)S(=O)(=O)c2ccc(C)cc2)sc2c1CCCC2. The number of ether oxygens (including phenoxy) is 2. The molecule has 0 fully saturated rings. The summed E-state index contributed by atoms with van der Waals surface area (Å²) in [5.41, 5.74) is 2.50. The van der Waals surface area contributed by atoms with E-state index in [0.29, 0.717) is 16.3 Å². The van der Waals surface area contributed by atoms with Crippen LogP contribution in [0.15, 0.2) is 53.4 Å². The minimum atomic E-state index is -4.09. The summed E-state index contributed by atoms with van der Waals surface area (Å²) < 4.78 is 39.0. The Balaban J connectivity index is 1.69. The molecule has 0 saturated carbocycles. The molecule has 196 valence electrons. The number of nitrogens with one attached hydrogen (secondary N) is 1. The lowest BCUT2D eigenvalue weighted by molar-refractivity contribution is -0.114. The number of sulfonamides is 1. The number of rotatable bonds is 9. The smallest absolute Gasteiger partial charge is 0.341 e. The van der Waals surface area contributed by atoms with Gasteiger partial charge in [0.15, 0.2) is 0 Å². The summed E-state index contributed by atoms with van der Waals surface area (Å²) in [5, 5.41) is 3.21. The fourth-order valence-corrected chi connectivity index (χ4v) is 6.99. The first-order chi connectivity index (χ1) is 17.7. The zero-order valence-electron chi connectivity index (χ0n) is 21.1. The standard InChI is InChI=1S/C27H30N2O6S2/c1-4-35-27(31)25-22-10-5-6-11-23(22)36-26(25)28-24(30)17-29(19-8-7-9-20(16-19)34-3)37(32,33)21-14-12-18(2)13-15-21/h7-9,12-16H,4-6,10-11,17H2,1-3H3,(H,28,30). The summed E-state index contributed by atoms with van der Waals surface area (Å²) in [4.78, 5) is 27.2. The van der Waals surface area contributed by atoms with Crippen molar-refractivity contribution in [1.82, 2.24) is 0 Å². The van der Waals surface area contributed by atoms with Gasteiger partial charge >= 0.3 is 5.97 Å². The van der Waals surface area contributed by atoms with E-state index in [-0.39, 0.29) is 17.2 Å². The van der Waals surface area contributed by atoms with Gasteiger partial charge in [-0.3, -0.25) is 9.10 Å². The third-order valence-electron chi connectivity index (χ3n) is 6.14. The molecule has 0 saturated heterocycles. The van der Waals surface area contributed by atoms with Gasteiger partial charge in [-0.05, 0) is 69.4 Å². The predicted molar refractivity (Wildman–Crippen MR) is 144 cm³/mol. The maximum atomic E-state index is 13.7. The molecule has 1 aliphatic carbocycles. The number of carbonyl (C=O) groups excluding carboxylic acids is 2. The quantitative estimate of drug-likeness (QED) is 0.384. The van der Waals surface area contributed by atoms with E-state index in [2.05, 4.69) is 5.32 Å². The fourth-order valence-electron chi connectivity index (χ4n) is 4.29. The van der Waals surface area contributed by atoms with Crippen LogP contribution in [0, 0.1) is 6.92 Å². The largest absolute Gasteiger partial charge is 0.497 e. The van der Waals surface area contributed by atoms with Crippen LogP contribution in [0.4, 0.5) is 10.7 Å². The predicted octanol–water partition coefficient (Wildman–Crippen LogP) is 4.95. The highest BCUT2D eigenvalue weighted by molar-refractivity contribution is 7.92. The lowest BCUT2D eigenvalue weighted by Crippen LogP contribution is -2.38.